The molecular formula is C21H19NO3. The average molecular weight is 333 g/mol. The van der Waals surface area contributed by atoms with E-state index in [1.807, 2.05) is 55.5 Å². The predicted octanol–water partition coefficient (Wildman–Crippen LogP) is 5.05. The quantitative estimate of drug-likeness (QED) is 0.711. The normalized spacial score (nSPS) is 10.2. The molecule has 126 valence electrons. The molecule has 0 aliphatic rings. The van der Waals surface area contributed by atoms with E-state index in [2.05, 4.69) is 5.32 Å². The van der Waals surface area contributed by atoms with Gasteiger partial charge in [0, 0.05) is 11.3 Å². The number of ether oxygens (including phenoxy) is 2. The van der Waals surface area contributed by atoms with Gasteiger partial charge in [0.1, 0.15) is 17.2 Å². The first-order chi connectivity index (χ1) is 12.1. The molecule has 4 nitrogen and oxygen atoms in total. The lowest BCUT2D eigenvalue weighted by Crippen LogP contribution is -2.11. The maximum Gasteiger partial charge on any atom is 0.255 e. The molecule has 1 amide bonds. The Hall–Kier alpha value is -3.27. The fourth-order valence-electron chi connectivity index (χ4n) is 2.38. The second-order valence-corrected chi connectivity index (χ2v) is 5.63. The standard InChI is InChI=1S/C21H19NO3/c1-15-4-3-5-17(14-15)22-21(23)16-6-8-19(9-7-16)25-20-12-10-18(24-2)11-13-20/h3-14H,1-2H3,(H,22,23). The molecule has 3 aromatic rings. The molecule has 3 aromatic carbocycles. The number of hydrogen-bond donors (Lipinski definition) is 1. The van der Waals surface area contributed by atoms with Crippen LogP contribution in [0.1, 0.15) is 15.9 Å². The first-order valence-corrected chi connectivity index (χ1v) is 7.94. The van der Waals surface area contributed by atoms with Gasteiger partial charge in [0.2, 0.25) is 0 Å². The highest BCUT2D eigenvalue weighted by molar-refractivity contribution is 6.04. The van der Waals surface area contributed by atoms with Crippen LogP contribution in [0.4, 0.5) is 5.69 Å². The summed E-state index contributed by atoms with van der Waals surface area (Å²) < 4.78 is 10.9. The van der Waals surface area contributed by atoms with Crippen LogP contribution in [0.3, 0.4) is 0 Å². The Labute approximate surface area is 147 Å². The lowest BCUT2D eigenvalue weighted by molar-refractivity contribution is 0.102. The number of nitrogens with one attached hydrogen (secondary N) is 1. The zero-order chi connectivity index (χ0) is 17.6. The Morgan fingerprint density at radius 2 is 1.44 bits per heavy atom. The topological polar surface area (TPSA) is 47.6 Å². The lowest BCUT2D eigenvalue weighted by atomic mass is 10.2. The van der Waals surface area contributed by atoms with Crippen LogP contribution in [0.2, 0.25) is 0 Å². The van der Waals surface area contributed by atoms with Crippen LogP contribution in [0, 0.1) is 6.92 Å². The molecule has 3 rings (SSSR count). The molecule has 0 fully saturated rings. The molecule has 1 N–H and O–H groups in total. The Morgan fingerprint density at radius 3 is 2.04 bits per heavy atom. The van der Waals surface area contributed by atoms with Crippen LogP contribution >= 0.6 is 0 Å². The third kappa shape index (κ3) is 4.38. The van der Waals surface area contributed by atoms with Gasteiger partial charge in [0.05, 0.1) is 7.11 Å². The van der Waals surface area contributed by atoms with E-state index < -0.39 is 0 Å². The number of carbonyl (C=O) groups is 1. The summed E-state index contributed by atoms with van der Waals surface area (Å²) in [6, 6.07) is 22.0. The van der Waals surface area contributed by atoms with E-state index in [0.29, 0.717) is 17.1 Å². The summed E-state index contributed by atoms with van der Waals surface area (Å²) in [5.41, 5.74) is 2.45. The molecule has 0 heterocycles. The smallest absolute Gasteiger partial charge is 0.255 e. The number of anilines is 1. The van der Waals surface area contributed by atoms with Crippen molar-refractivity contribution in [1.29, 1.82) is 0 Å². The molecule has 0 radical (unpaired) electrons. The third-order valence-electron chi connectivity index (χ3n) is 3.69. The summed E-state index contributed by atoms with van der Waals surface area (Å²) in [6.07, 6.45) is 0. The van der Waals surface area contributed by atoms with Crippen LogP contribution in [0.15, 0.2) is 72.8 Å². The molecule has 0 unspecified atom stereocenters. The first kappa shape index (κ1) is 16.6. The van der Waals surface area contributed by atoms with Crippen LogP contribution in [0.25, 0.3) is 0 Å². The maximum atomic E-state index is 12.3. The van der Waals surface area contributed by atoms with E-state index in [4.69, 9.17) is 9.47 Å². The SMILES string of the molecule is COc1ccc(Oc2ccc(C(=O)Nc3cccc(C)c3)cc2)cc1. The van der Waals surface area contributed by atoms with Crippen molar-refractivity contribution in [2.24, 2.45) is 0 Å². The van der Waals surface area contributed by atoms with E-state index in [1.165, 1.54) is 0 Å². The highest BCUT2D eigenvalue weighted by Gasteiger charge is 2.07. The van der Waals surface area contributed by atoms with Gasteiger partial charge < -0.3 is 14.8 Å². The molecule has 0 saturated carbocycles. The third-order valence-corrected chi connectivity index (χ3v) is 3.69. The fraction of sp³-hybridized carbons (Fsp3) is 0.0952. The predicted molar refractivity (Wildman–Crippen MR) is 98.6 cm³/mol. The van der Waals surface area contributed by atoms with Crippen molar-refractivity contribution in [2.45, 2.75) is 6.92 Å². The van der Waals surface area contributed by atoms with Crippen LogP contribution < -0.4 is 14.8 Å². The van der Waals surface area contributed by atoms with Gasteiger partial charge in [-0.1, -0.05) is 12.1 Å². The Morgan fingerprint density at radius 1 is 0.840 bits per heavy atom. The second-order valence-electron chi connectivity index (χ2n) is 5.63. The number of methoxy groups -OCH3 is 1. The zero-order valence-electron chi connectivity index (χ0n) is 14.2. The number of amides is 1. The summed E-state index contributed by atoms with van der Waals surface area (Å²) in [6.45, 7) is 1.99. The van der Waals surface area contributed by atoms with Crippen LogP contribution in [-0.2, 0) is 0 Å². The molecule has 0 bridgehead atoms. The summed E-state index contributed by atoms with van der Waals surface area (Å²) in [4.78, 5) is 12.3. The van der Waals surface area contributed by atoms with Gasteiger partial charge in [0.25, 0.3) is 5.91 Å². The van der Waals surface area contributed by atoms with Crippen molar-refractivity contribution in [3.63, 3.8) is 0 Å². The number of benzene rings is 3. The van der Waals surface area contributed by atoms with E-state index in [-0.39, 0.29) is 5.91 Å². The van der Waals surface area contributed by atoms with Gasteiger partial charge in [-0.2, -0.15) is 0 Å². The van der Waals surface area contributed by atoms with Crippen LogP contribution in [-0.4, -0.2) is 13.0 Å². The molecule has 0 saturated heterocycles. The first-order valence-electron chi connectivity index (χ1n) is 7.94. The second kappa shape index (κ2) is 7.53. The number of hydrogen-bond acceptors (Lipinski definition) is 3. The van der Waals surface area contributed by atoms with Crippen molar-refractivity contribution in [1.82, 2.24) is 0 Å². The Bertz CT molecular complexity index is 855. The highest BCUT2D eigenvalue weighted by atomic mass is 16.5. The van der Waals surface area contributed by atoms with Gasteiger partial charge >= 0.3 is 0 Å². The van der Waals surface area contributed by atoms with E-state index in [1.54, 1.807) is 31.4 Å². The van der Waals surface area contributed by atoms with Crippen molar-refractivity contribution >= 4 is 11.6 Å². The molecule has 0 aromatic heterocycles. The summed E-state index contributed by atoms with van der Waals surface area (Å²) in [5.74, 6) is 1.99. The number of aryl methyl sites for hydroxylation is 1. The number of carbonyl (C=O) groups excluding carboxylic acids is 1. The minimum absolute atomic E-state index is 0.151. The van der Waals surface area contributed by atoms with Gasteiger partial charge in [-0.25, -0.2) is 0 Å². The lowest BCUT2D eigenvalue weighted by Gasteiger charge is -2.08. The van der Waals surface area contributed by atoms with E-state index in [0.717, 1.165) is 17.0 Å². The van der Waals surface area contributed by atoms with Gasteiger partial charge in [-0.15, -0.1) is 0 Å². The molecular weight excluding hydrogens is 314 g/mol. The fourth-order valence-corrected chi connectivity index (χ4v) is 2.38. The van der Waals surface area contributed by atoms with Gasteiger partial charge in [-0.05, 0) is 73.2 Å². The monoisotopic (exact) mass is 333 g/mol. The summed E-state index contributed by atoms with van der Waals surface area (Å²) in [5, 5.41) is 2.89. The minimum atomic E-state index is -0.151. The maximum absolute atomic E-state index is 12.3. The van der Waals surface area contributed by atoms with E-state index >= 15 is 0 Å². The number of rotatable bonds is 5. The van der Waals surface area contributed by atoms with Crippen molar-refractivity contribution < 1.29 is 14.3 Å². The summed E-state index contributed by atoms with van der Waals surface area (Å²) >= 11 is 0. The Balaban J connectivity index is 1.65. The molecule has 0 atom stereocenters. The molecule has 0 aliphatic heterocycles. The van der Waals surface area contributed by atoms with Crippen molar-refractivity contribution in [2.75, 3.05) is 12.4 Å². The highest BCUT2D eigenvalue weighted by Crippen LogP contribution is 2.24. The van der Waals surface area contributed by atoms with Crippen molar-refractivity contribution in [3.8, 4) is 17.2 Å². The molecule has 25 heavy (non-hydrogen) atoms. The molecule has 4 heteroatoms. The zero-order valence-corrected chi connectivity index (χ0v) is 14.2. The largest absolute Gasteiger partial charge is 0.497 e. The van der Waals surface area contributed by atoms with Gasteiger partial charge in [-0.3, -0.25) is 4.79 Å². The minimum Gasteiger partial charge on any atom is -0.497 e. The average Bonchev–Trinajstić information content (AvgIpc) is 2.63. The summed E-state index contributed by atoms with van der Waals surface area (Å²) in [7, 11) is 1.62. The van der Waals surface area contributed by atoms with E-state index in [9.17, 15) is 4.79 Å². The van der Waals surface area contributed by atoms with Crippen LogP contribution in [0.5, 0.6) is 17.2 Å². The molecule has 0 aliphatic carbocycles. The Kier molecular flexibility index (Phi) is 5.00. The van der Waals surface area contributed by atoms with Gasteiger partial charge in [0.15, 0.2) is 0 Å². The molecule has 0 spiro atoms. The van der Waals surface area contributed by atoms with Crippen molar-refractivity contribution in [3.05, 3.63) is 83.9 Å².